The van der Waals surface area contributed by atoms with Crippen molar-refractivity contribution in [1.29, 1.82) is 0 Å². The molecule has 0 radical (unpaired) electrons. The van der Waals surface area contributed by atoms with E-state index in [2.05, 4.69) is 65.7 Å². The number of rotatable bonds is 33. The lowest BCUT2D eigenvalue weighted by Gasteiger charge is -2.07. The first-order valence-electron chi connectivity index (χ1n) is 20.5. The zero-order valence-electron chi connectivity index (χ0n) is 30.6. The molecule has 0 atom stereocenters. The van der Waals surface area contributed by atoms with E-state index in [0.717, 1.165) is 0 Å². The van der Waals surface area contributed by atoms with E-state index in [1.807, 2.05) is 0 Å². The number of nitrogens with zero attached hydrogens (tertiary/aromatic N) is 2. The summed E-state index contributed by atoms with van der Waals surface area (Å²) in [7, 11) is 0. The van der Waals surface area contributed by atoms with Crippen LogP contribution >= 0.6 is 0 Å². The molecule has 2 heteroatoms. The monoisotopic (exact) mass is 622 g/mol. The highest BCUT2D eigenvalue weighted by Crippen LogP contribution is 2.17. The van der Waals surface area contributed by atoms with Crippen molar-refractivity contribution >= 4 is 0 Å². The van der Waals surface area contributed by atoms with E-state index in [1.54, 1.807) is 0 Å². The SMILES string of the molecule is CCCCCCCCCCCCCCCCCCCc1n(-c2ccccc2)cc[n+]1CCCCCCCCCCCCCCC. The fourth-order valence-corrected chi connectivity index (χ4v) is 7.06. The number of hydrogen-bond acceptors (Lipinski definition) is 0. The molecule has 2 rings (SSSR count). The molecule has 0 N–H and O–H groups in total. The molecule has 258 valence electrons. The van der Waals surface area contributed by atoms with Gasteiger partial charge in [0.2, 0.25) is 0 Å². The molecular formula is C43H77N2+. The summed E-state index contributed by atoms with van der Waals surface area (Å²) in [5, 5.41) is 0. The Morgan fingerprint density at radius 3 is 1.18 bits per heavy atom. The van der Waals surface area contributed by atoms with Crippen LogP contribution in [0.2, 0.25) is 0 Å². The first kappa shape index (κ1) is 39.6. The summed E-state index contributed by atoms with van der Waals surface area (Å²) in [6, 6.07) is 11.0. The van der Waals surface area contributed by atoms with E-state index in [0.29, 0.717) is 0 Å². The van der Waals surface area contributed by atoms with Gasteiger partial charge in [-0.05, 0) is 31.4 Å². The van der Waals surface area contributed by atoms with Gasteiger partial charge in [0.15, 0.2) is 0 Å². The third-order valence-corrected chi connectivity index (χ3v) is 10.0. The molecule has 0 aliphatic rings. The Morgan fingerprint density at radius 2 is 0.778 bits per heavy atom. The minimum atomic E-state index is 1.17. The molecule has 1 aromatic carbocycles. The molecule has 0 amide bonds. The summed E-state index contributed by atoms with van der Waals surface area (Å²) in [6.45, 7) is 5.79. The second kappa shape index (κ2) is 29.8. The zero-order chi connectivity index (χ0) is 31.9. The van der Waals surface area contributed by atoms with Crippen molar-refractivity contribution in [3.05, 3.63) is 48.5 Å². The summed E-state index contributed by atoms with van der Waals surface area (Å²) in [6.07, 6.45) is 48.7. The van der Waals surface area contributed by atoms with Gasteiger partial charge in [-0.3, -0.25) is 0 Å². The molecule has 0 saturated heterocycles. The molecular weight excluding hydrogens is 544 g/mol. The molecule has 1 aromatic heterocycles. The van der Waals surface area contributed by atoms with Gasteiger partial charge in [0.1, 0.15) is 18.1 Å². The second-order valence-electron chi connectivity index (χ2n) is 14.3. The van der Waals surface area contributed by atoms with Crippen LogP contribution in [-0.4, -0.2) is 4.57 Å². The van der Waals surface area contributed by atoms with Gasteiger partial charge in [0.05, 0.1) is 6.54 Å². The zero-order valence-corrected chi connectivity index (χ0v) is 30.6. The molecule has 0 bridgehead atoms. The van der Waals surface area contributed by atoms with Gasteiger partial charge < -0.3 is 0 Å². The van der Waals surface area contributed by atoms with Crippen molar-refractivity contribution in [3.63, 3.8) is 0 Å². The first-order valence-corrected chi connectivity index (χ1v) is 20.5. The van der Waals surface area contributed by atoms with Crippen molar-refractivity contribution in [2.45, 2.75) is 219 Å². The summed E-state index contributed by atoms with van der Waals surface area (Å²) < 4.78 is 5.02. The Hall–Kier alpha value is -1.57. The minimum absolute atomic E-state index is 1.17. The van der Waals surface area contributed by atoms with Gasteiger partial charge in [-0.2, -0.15) is 4.57 Å². The van der Waals surface area contributed by atoms with E-state index >= 15 is 0 Å². The van der Waals surface area contributed by atoms with E-state index in [1.165, 1.54) is 217 Å². The summed E-state index contributed by atoms with van der Waals surface area (Å²) in [4.78, 5) is 0. The highest BCUT2D eigenvalue weighted by Gasteiger charge is 2.18. The maximum absolute atomic E-state index is 2.57. The normalized spacial score (nSPS) is 11.5. The van der Waals surface area contributed by atoms with E-state index in [9.17, 15) is 0 Å². The molecule has 0 unspecified atom stereocenters. The predicted octanol–water partition coefficient (Wildman–Crippen LogP) is 14.1. The largest absolute Gasteiger partial charge is 0.261 e. The Balaban J connectivity index is 1.54. The second-order valence-corrected chi connectivity index (χ2v) is 14.3. The van der Waals surface area contributed by atoms with E-state index in [-0.39, 0.29) is 0 Å². The van der Waals surface area contributed by atoms with Crippen LogP contribution in [0.3, 0.4) is 0 Å². The topological polar surface area (TPSA) is 8.81 Å². The maximum Gasteiger partial charge on any atom is 0.261 e. The van der Waals surface area contributed by atoms with Crippen LogP contribution in [0.15, 0.2) is 42.7 Å². The van der Waals surface area contributed by atoms with Crippen molar-refractivity contribution < 1.29 is 4.57 Å². The Kier molecular flexibility index (Phi) is 26.2. The highest BCUT2D eigenvalue weighted by atomic mass is 15.1. The number of aromatic nitrogens is 2. The third-order valence-electron chi connectivity index (χ3n) is 10.0. The van der Waals surface area contributed by atoms with E-state index in [4.69, 9.17) is 0 Å². The minimum Gasteiger partial charge on any atom is -0.234 e. The van der Waals surface area contributed by atoms with Crippen LogP contribution in [0.5, 0.6) is 0 Å². The fourth-order valence-electron chi connectivity index (χ4n) is 7.06. The fraction of sp³-hybridized carbons (Fsp3) is 0.791. The van der Waals surface area contributed by atoms with Crippen LogP contribution in [0.25, 0.3) is 5.69 Å². The van der Waals surface area contributed by atoms with Crippen molar-refractivity contribution in [1.82, 2.24) is 4.57 Å². The van der Waals surface area contributed by atoms with Crippen molar-refractivity contribution in [3.8, 4) is 5.69 Å². The molecule has 2 aromatic rings. The summed E-state index contributed by atoms with van der Waals surface area (Å²) in [5.41, 5.74) is 1.31. The molecule has 0 aliphatic heterocycles. The molecule has 0 saturated carbocycles. The smallest absolute Gasteiger partial charge is 0.234 e. The number of para-hydroxylation sites is 1. The van der Waals surface area contributed by atoms with Crippen LogP contribution in [0.4, 0.5) is 0 Å². The molecule has 0 aliphatic carbocycles. The number of aryl methyl sites for hydroxylation is 1. The number of unbranched alkanes of at least 4 members (excludes halogenated alkanes) is 28. The van der Waals surface area contributed by atoms with Crippen LogP contribution in [0, 0.1) is 0 Å². The lowest BCUT2D eigenvalue weighted by Crippen LogP contribution is -2.37. The van der Waals surface area contributed by atoms with E-state index < -0.39 is 0 Å². The molecule has 1 heterocycles. The van der Waals surface area contributed by atoms with Crippen LogP contribution in [-0.2, 0) is 13.0 Å². The molecule has 45 heavy (non-hydrogen) atoms. The lowest BCUT2D eigenvalue weighted by molar-refractivity contribution is -0.704. The van der Waals surface area contributed by atoms with Gasteiger partial charge in [-0.1, -0.05) is 205 Å². The predicted molar refractivity (Wildman–Crippen MR) is 200 cm³/mol. The molecule has 0 fully saturated rings. The van der Waals surface area contributed by atoms with Gasteiger partial charge in [-0.25, -0.2) is 4.57 Å². The Morgan fingerprint density at radius 1 is 0.422 bits per heavy atom. The number of imidazole rings is 1. The Labute approximate surface area is 282 Å². The quantitative estimate of drug-likeness (QED) is 0.0554. The molecule has 2 nitrogen and oxygen atoms in total. The standard InChI is InChI=1S/C43H77N2/c1-3-5-7-9-11-13-15-17-18-19-20-21-23-25-27-29-34-38-43-44(40-41-45(43)42-36-32-31-33-37-42)39-35-30-28-26-24-22-16-14-12-10-8-6-4-2/h31-33,36-37,40-41H,3-30,34-35,38-39H2,1-2H3/q+1. The van der Waals surface area contributed by atoms with Gasteiger partial charge >= 0.3 is 0 Å². The average molecular weight is 622 g/mol. The third kappa shape index (κ3) is 21.0. The molecule has 0 spiro atoms. The van der Waals surface area contributed by atoms with Crippen LogP contribution < -0.4 is 4.57 Å². The maximum atomic E-state index is 2.57. The summed E-state index contributed by atoms with van der Waals surface area (Å²) in [5.74, 6) is 1.50. The number of benzene rings is 1. The summed E-state index contributed by atoms with van der Waals surface area (Å²) >= 11 is 0. The number of hydrogen-bond donors (Lipinski definition) is 0. The average Bonchev–Trinajstić information content (AvgIpc) is 3.47. The Bertz CT molecular complexity index is 869. The van der Waals surface area contributed by atoms with Gasteiger partial charge in [-0.15, -0.1) is 0 Å². The lowest BCUT2D eigenvalue weighted by atomic mass is 10.0. The highest BCUT2D eigenvalue weighted by molar-refractivity contribution is 5.31. The first-order chi connectivity index (χ1) is 22.4. The van der Waals surface area contributed by atoms with Gasteiger partial charge in [0, 0.05) is 6.42 Å². The van der Waals surface area contributed by atoms with Gasteiger partial charge in [0.25, 0.3) is 5.82 Å². The van der Waals surface area contributed by atoms with Crippen molar-refractivity contribution in [2.75, 3.05) is 0 Å². The van der Waals surface area contributed by atoms with Crippen molar-refractivity contribution in [2.24, 2.45) is 0 Å². The van der Waals surface area contributed by atoms with Crippen LogP contribution in [0.1, 0.15) is 212 Å².